The molecule has 0 radical (unpaired) electrons. The molecule has 1 atom stereocenters. The van der Waals surface area contributed by atoms with Crippen LogP contribution in [0.5, 0.6) is 0 Å². The average molecular weight is 351 g/mol. The Morgan fingerprint density at radius 1 is 1.56 bits per heavy atom. The number of amides is 1. The van der Waals surface area contributed by atoms with Gasteiger partial charge in [-0.25, -0.2) is 0 Å². The topological polar surface area (TPSA) is 41.1 Å². The van der Waals surface area contributed by atoms with Crippen LogP contribution in [0, 0.1) is 3.57 Å². The predicted molar refractivity (Wildman–Crippen MR) is 72.9 cm³/mol. The summed E-state index contributed by atoms with van der Waals surface area (Å²) in [4.78, 5) is 11.9. The number of hydrogen-bond acceptors (Lipinski definition) is 2. The minimum atomic E-state index is -0.0491. The summed E-state index contributed by atoms with van der Waals surface area (Å²) < 4.78 is 0.957. The highest BCUT2D eigenvalue weighted by atomic mass is 127. The van der Waals surface area contributed by atoms with Crippen molar-refractivity contribution in [1.29, 1.82) is 0 Å². The van der Waals surface area contributed by atoms with Crippen LogP contribution in [-0.2, 0) is 0 Å². The van der Waals surface area contributed by atoms with E-state index < -0.39 is 0 Å². The Bertz CT molecular complexity index is 405. The van der Waals surface area contributed by atoms with Crippen LogP contribution in [0.15, 0.2) is 18.2 Å². The minimum absolute atomic E-state index is 0.0491. The van der Waals surface area contributed by atoms with Crippen molar-refractivity contribution in [1.82, 2.24) is 10.6 Å². The molecule has 0 spiro atoms. The molecule has 1 heterocycles. The summed E-state index contributed by atoms with van der Waals surface area (Å²) in [7, 11) is 0. The van der Waals surface area contributed by atoms with Gasteiger partial charge in [-0.2, -0.15) is 0 Å². The van der Waals surface area contributed by atoms with Gasteiger partial charge in [0, 0.05) is 21.7 Å². The van der Waals surface area contributed by atoms with Gasteiger partial charge >= 0.3 is 0 Å². The molecule has 1 aliphatic heterocycles. The van der Waals surface area contributed by atoms with Gasteiger partial charge in [-0.1, -0.05) is 11.6 Å². The summed E-state index contributed by atoms with van der Waals surface area (Å²) in [6.07, 6.45) is 0.990. The van der Waals surface area contributed by atoms with Crippen LogP contribution in [-0.4, -0.2) is 25.0 Å². The van der Waals surface area contributed by atoms with Crippen molar-refractivity contribution >= 4 is 40.1 Å². The zero-order valence-corrected chi connectivity index (χ0v) is 11.5. The van der Waals surface area contributed by atoms with Crippen molar-refractivity contribution in [2.24, 2.45) is 0 Å². The van der Waals surface area contributed by atoms with Gasteiger partial charge in [0.1, 0.15) is 0 Å². The third kappa shape index (κ3) is 2.87. The normalized spacial score (nSPS) is 19.8. The Kier molecular flexibility index (Phi) is 4.05. The highest BCUT2D eigenvalue weighted by Gasteiger charge is 2.17. The van der Waals surface area contributed by atoms with E-state index in [0.717, 1.165) is 23.1 Å². The second-order valence-electron chi connectivity index (χ2n) is 3.79. The fourth-order valence-corrected chi connectivity index (χ4v) is 2.20. The van der Waals surface area contributed by atoms with Crippen molar-refractivity contribution in [2.75, 3.05) is 13.1 Å². The van der Waals surface area contributed by atoms with Crippen LogP contribution in [0.4, 0.5) is 0 Å². The van der Waals surface area contributed by atoms with Gasteiger partial charge in [-0.15, -0.1) is 0 Å². The van der Waals surface area contributed by atoms with Crippen molar-refractivity contribution in [3.05, 3.63) is 32.4 Å². The molecular weight excluding hydrogens is 338 g/mol. The lowest BCUT2D eigenvalue weighted by atomic mass is 10.2. The second kappa shape index (κ2) is 5.33. The molecule has 0 aromatic heterocycles. The highest BCUT2D eigenvalue weighted by Crippen LogP contribution is 2.19. The van der Waals surface area contributed by atoms with Crippen LogP contribution in [0.2, 0.25) is 5.02 Å². The molecule has 2 rings (SSSR count). The largest absolute Gasteiger partial charge is 0.348 e. The molecule has 5 heteroatoms. The van der Waals surface area contributed by atoms with E-state index in [1.54, 1.807) is 12.1 Å². The van der Waals surface area contributed by atoms with Crippen molar-refractivity contribution in [3.63, 3.8) is 0 Å². The van der Waals surface area contributed by atoms with E-state index in [-0.39, 0.29) is 11.9 Å². The molecule has 3 nitrogen and oxygen atoms in total. The van der Waals surface area contributed by atoms with E-state index >= 15 is 0 Å². The van der Waals surface area contributed by atoms with Crippen LogP contribution >= 0.6 is 34.2 Å². The van der Waals surface area contributed by atoms with Crippen LogP contribution in [0.1, 0.15) is 16.8 Å². The quantitative estimate of drug-likeness (QED) is 0.802. The first kappa shape index (κ1) is 12.1. The Morgan fingerprint density at radius 2 is 2.38 bits per heavy atom. The average Bonchev–Trinajstić information content (AvgIpc) is 2.74. The fraction of sp³-hybridized carbons (Fsp3) is 0.364. The summed E-state index contributed by atoms with van der Waals surface area (Å²) >= 11 is 8.12. The van der Waals surface area contributed by atoms with Crippen molar-refractivity contribution in [3.8, 4) is 0 Å². The lowest BCUT2D eigenvalue weighted by molar-refractivity contribution is 0.0940. The summed E-state index contributed by atoms with van der Waals surface area (Å²) in [5.41, 5.74) is 0.623. The van der Waals surface area contributed by atoms with E-state index in [1.165, 1.54) is 0 Å². The van der Waals surface area contributed by atoms with Gasteiger partial charge in [-0.05, 0) is 53.8 Å². The molecule has 2 N–H and O–H groups in total. The highest BCUT2D eigenvalue weighted by molar-refractivity contribution is 14.1. The molecule has 0 aliphatic carbocycles. The number of halogens is 2. The number of nitrogens with one attached hydrogen (secondary N) is 2. The van der Waals surface area contributed by atoms with Gasteiger partial charge in [-0.3, -0.25) is 4.79 Å². The summed E-state index contributed by atoms with van der Waals surface area (Å²) in [5, 5.41) is 6.81. The SMILES string of the molecule is O=C(N[C@@H]1CCNC1)c1ccc(I)c(Cl)c1. The standard InChI is InChI=1S/C11H12ClIN2O/c12-9-5-7(1-2-10(9)13)11(16)15-8-3-4-14-6-8/h1-2,5,8,14H,3-4,6H2,(H,15,16)/t8-/m1/s1. The van der Waals surface area contributed by atoms with E-state index in [9.17, 15) is 4.79 Å². The summed E-state index contributed by atoms with van der Waals surface area (Å²) in [5.74, 6) is -0.0491. The third-order valence-electron chi connectivity index (χ3n) is 2.58. The lowest BCUT2D eigenvalue weighted by Gasteiger charge is -2.11. The molecule has 1 aromatic rings. The smallest absolute Gasteiger partial charge is 0.251 e. The first-order valence-corrected chi connectivity index (χ1v) is 6.59. The van der Waals surface area contributed by atoms with Crippen molar-refractivity contribution < 1.29 is 4.79 Å². The molecular formula is C11H12ClIN2O. The van der Waals surface area contributed by atoms with Gasteiger partial charge in [0.25, 0.3) is 5.91 Å². The van der Waals surface area contributed by atoms with Crippen LogP contribution in [0.3, 0.4) is 0 Å². The molecule has 1 aliphatic rings. The molecule has 0 saturated carbocycles. The number of carbonyl (C=O) groups excluding carboxylic acids is 1. The molecule has 0 unspecified atom stereocenters. The lowest BCUT2D eigenvalue weighted by Crippen LogP contribution is -2.36. The van der Waals surface area contributed by atoms with E-state index in [0.29, 0.717) is 10.6 Å². The monoisotopic (exact) mass is 350 g/mol. The van der Waals surface area contributed by atoms with Crippen LogP contribution < -0.4 is 10.6 Å². The number of rotatable bonds is 2. The molecule has 0 bridgehead atoms. The van der Waals surface area contributed by atoms with E-state index in [1.807, 2.05) is 6.07 Å². The second-order valence-corrected chi connectivity index (χ2v) is 5.36. The first-order chi connectivity index (χ1) is 7.66. The molecule has 16 heavy (non-hydrogen) atoms. The molecule has 1 amide bonds. The first-order valence-electron chi connectivity index (χ1n) is 5.13. The van der Waals surface area contributed by atoms with Gasteiger partial charge in [0.2, 0.25) is 0 Å². The number of carbonyl (C=O) groups is 1. The third-order valence-corrected chi connectivity index (χ3v) is 4.15. The number of hydrogen-bond donors (Lipinski definition) is 2. The number of benzene rings is 1. The maximum Gasteiger partial charge on any atom is 0.251 e. The van der Waals surface area contributed by atoms with Crippen molar-refractivity contribution in [2.45, 2.75) is 12.5 Å². The summed E-state index contributed by atoms with van der Waals surface area (Å²) in [6.45, 7) is 1.82. The Balaban J connectivity index is 2.05. The zero-order valence-electron chi connectivity index (χ0n) is 8.59. The minimum Gasteiger partial charge on any atom is -0.348 e. The van der Waals surface area contributed by atoms with Gasteiger partial charge < -0.3 is 10.6 Å². The summed E-state index contributed by atoms with van der Waals surface area (Å²) in [6, 6.07) is 5.60. The Labute approximate surface area is 113 Å². The fourth-order valence-electron chi connectivity index (χ4n) is 1.68. The van der Waals surface area contributed by atoms with Gasteiger partial charge in [0.15, 0.2) is 0 Å². The van der Waals surface area contributed by atoms with E-state index in [2.05, 4.69) is 33.2 Å². The molecule has 1 aromatic carbocycles. The maximum atomic E-state index is 11.9. The zero-order chi connectivity index (χ0) is 11.5. The molecule has 1 saturated heterocycles. The van der Waals surface area contributed by atoms with E-state index in [4.69, 9.17) is 11.6 Å². The maximum absolute atomic E-state index is 11.9. The van der Waals surface area contributed by atoms with Crippen LogP contribution in [0.25, 0.3) is 0 Å². The molecule has 86 valence electrons. The Hall–Kier alpha value is -0.330. The molecule has 1 fully saturated rings. The Morgan fingerprint density at radius 3 is 3.00 bits per heavy atom. The van der Waals surface area contributed by atoms with Gasteiger partial charge in [0.05, 0.1) is 5.02 Å². The predicted octanol–water partition coefficient (Wildman–Crippen LogP) is 2.04.